The molecule has 0 aliphatic carbocycles. The third-order valence-electron chi connectivity index (χ3n) is 3.56. The Labute approximate surface area is 136 Å². The summed E-state index contributed by atoms with van der Waals surface area (Å²) < 4.78 is 0. The van der Waals surface area contributed by atoms with Crippen LogP contribution in [0.15, 0.2) is 54.6 Å². The third-order valence-corrected chi connectivity index (χ3v) is 3.56. The highest BCUT2D eigenvalue weighted by molar-refractivity contribution is 5.97. The molecule has 120 valence electrons. The van der Waals surface area contributed by atoms with Gasteiger partial charge in [-0.25, -0.2) is 0 Å². The monoisotopic (exact) mass is 310 g/mol. The van der Waals surface area contributed by atoms with E-state index in [0.29, 0.717) is 11.3 Å². The molecule has 1 unspecified atom stereocenters. The highest BCUT2D eigenvalue weighted by Crippen LogP contribution is 2.15. The number of hydrogen-bond acceptors (Lipinski definition) is 2. The zero-order valence-corrected chi connectivity index (χ0v) is 13.7. The lowest BCUT2D eigenvalue weighted by molar-refractivity contribution is -0.118. The fraction of sp³-hybridized carbons (Fsp3) is 0.263. The van der Waals surface area contributed by atoms with E-state index in [2.05, 4.69) is 10.6 Å². The van der Waals surface area contributed by atoms with Gasteiger partial charge in [0, 0.05) is 17.2 Å². The SMILES string of the molecule is CC(C)C(=O)Nc1cccc(C(=O)NC(C)c2ccccc2)c1. The van der Waals surface area contributed by atoms with Crippen LogP contribution in [-0.4, -0.2) is 11.8 Å². The van der Waals surface area contributed by atoms with Crippen molar-refractivity contribution in [1.29, 1.82) is 0 Å². The first-order chi connectivity index (χ1) is 11.0. The van der Waals surface area contributed by atoms with Crippen LogP contribution in [0.3, 0.4) is 0 Å². The number of rotatable bonds is 5. The van der Waals surface area contributed by atoms with Crippen LogP contribution in [0.25, 0.3) is 0 Å². The van der Waals surface area contributed by atoms with Gasteiger partial charge < -0.3 is 10.6 Å². The van der Waals surface area contributed by atoms with E-state index in [1.165, 1.54) is 0 Å². The van der Waals surface area contributed by atoms with Gasteiger partial charge in [0.25, 0.3) is 5.91 Å². The molecule has 2 amide bonds. The van der Waals surface area contributed by atoms with Gasteiger partial charge in [-0.15, -0.1) is 0 Å². The van der Waals surface area contributed by atoms with Crippen LogP contribution in [-0.2, 0) is 4.79 Å². The minimum absolute atomic E-state index is 0.0692. The van der Waals surface area contributed by atoms with E-state index < -0.39 is 0 Å². The van der Waals surface area contributed by atoms with Crippen molar-refractivity contribution >= 4 is 17.5 Å². The summed E-state index contributed by atoms with van der Waals surface area (Å²) in [6, 6.07) is 16.7. The Balaban J connectivity index is 2.06. The van der Waals surface area contributed by atoms with Gasteiger partial charge in [-0.3, -0.25) is 9.59 Å². The molecule has 1 atom stereocenters. The van der Waals surface area contributed by atoms with Crippen molar-refractivity contribution in [3.8, 4) is 0 Å². The number of carbonyl (C=O) groups excluding carboxylic acids is 2. The molecule has 2 aromatic carbocycles. The first-order valence-corrected chi connectivity index (χ1v) is 7.74. The lowest BCUT2D eigenvalue weighted by Gasteiger charge is -2.15. The smallest absolute Gasteiger partial charge is 0.251 e. The Kier molecular flexibility index (Phi) is 5.52. The van der Waals surface area contributed by atoms with E-state index in [4.69, 9.17) is 0 Å². The maximum absolute atomic E-state index is 12.4. The van der Waals surface area contributed by atoms with Gasteiger partial charge in [0.15, 0.2) is 0 Å². The molecule has 2 N–H and O–H groups in total. The van der Waals surface area contributed by atoms with Crippen LogP contribution in [0.4, 0.5) is 5.69 Å². The maximum Gasteiger partial charge on any atom is 0.251 e. The number of amides is 2. The summed E-state index contributed by atoms with van der Waals surface area (Å²) in [4.78, 5) is 24.1. The molecule has 23 heavy (non-hydrogen) atoms. The first kappa shape index (κ1) is 16.7. The minimum atomic E-state index is -0.165. The minimum Gasteiger partial charge on any atom is -0.346 e. The van der Waals surface area contributed by atoms with E-state index in [9.17, 15) is 9.59 Å². The number of anilines is 1. The molecule has 4 heteroatoms. The Morgan fingerprint density at radius 3 is 2.26 bits per heavy atom. The van der Waals surface area contributed by atoms with Gasteiger partial charge in [-0.2, -0.15) is 0 Å². The summed E-state index contributed by atoms with van der Waals surface area (Å²) in [6.07, 6.45) is 0. The van der Waals surface area contributed by atoms with E-state index in [1.54, 1.807) is 24.3 Å². The van der Waals surface area contributed by atoms with Gasteiger partial charge in [0.2, 0.25) is 5.91 Å². The summed E-state index contributed by atoms with van der Waals surface area (Å²) in [5.41, 5.74) is 2.20. The molecule has 0 aliphatic heterocycles. The van der Waals surface area contributed by atoms with Crippen molar-refractivity contribution in [3.63, 3.8) is 0 Å². The molecule has 2 rings (SSSR count). The number of carbonyl (C=O) groups is 2. The van der Waals surface area contributed by atoms with Crippen LogP contribution >= 0.6 is 0 Å². The van der Waals surface area contributed by atoms with Crippen LogP contribution in [0, 0.1) is 5.92 Å². The second-order valence-corrected chi connectivity index (χ2v) is 5.83. The van der Waals surface area contributed by atoms with Crippen molar-refractivity contribution in [2.24, 2.45) is 5.92 Å². The van der Waals surface area contributed by atoms with Crippen LogP contribution in [0.5, 0.6) is 0 Å². The highest BCUT2D eigenvalue weighted by Gasteiger charge is 2.13. The lowest BCUT2D eigenvalue weighted by Crippen LogP contribution is -2.26. The van der Waals surface area contributed by atoms with Crippen molar-refractivity contribution < 1.29 is 9.59 Å². The topological polar surface area (TPSA) is 58.2 Å². The van der Waals surface area contributed by atoms with E-state index in [1.807, 2.05) is 51.1 Å². The zero-order chi connectivity index (χ0) is 16.8. The molecule has 0 spiro atoms. The summed E-state index contributed by atoms with van der Waals surface area (Å²) in [5.74, 6) is -0.340. The molecular weight excluding hydrogens is 288 g/mol. The predicted molar refractivity (Wildman–Crippen MR) is 92.2 cm³/mol. The third kappa shape index (κ3) is 4.68. The molecule has 0 saturated carbocycles. The molecule has 0 aromatic heterocycles. The Morgan fingerprint density at radius 1 is 0.913 bits per heavy atom. The number of benzene rings is 2. The molecule has 0 bridgehead atoms. The standard InChI is InChI=1S/C19H22N2O2/c1-13(2)18(22)21-17-11-7-10-16(12-17)19(23)20-14(3)15-8-5-4-6-9-15/h4-14H,1-3H3,(H,20,23)(H,21,22). The second kappa shape index (κ2) is 7.58. The van der Waals surface area contributed by atoms with Gasteiger partial charge in [-0.1, -0.05) is 50.2 Å². The zero-order valence-electron chi connectivity index (χ0n) is 13.7. The van der Waals surface area contributed by atoms with Crippen molar-refractivity contribution in [2.75, 3.05) is 5.32 Å². The fourth-order valence-corrected chi connectivity index (χ4v) is 2.13. The Hall–Kier alpha value is -2.62. The van der Waals surface area contributed by atoms with Gasteiger partial charge in [0.05, 0.1) is 6.04 Å². The summed E-state index contributed by atoms with van der Waals surface area (Å²) >= 11 is 0. The van der Waals surface area contributed by atoms with Gasteiger partial charge in [-0.05, 0) is 30.7 Å². The summed E-state index contributed by atoms with van der Waals surface area (Å²) in [5, 5.41) is 5.77. The molecule has 0 aliphatic rings. The molecular formula is C19H22N2O2. The molecule has 4 nitrogen and oxygen atoms in total. The first-order valence-electron chi connectivity index (χ1n) is 7.74. The largest absolute Gasteiger partial charge is 0.346 e. The second-order valence-electron chi connectivity index (χ2n) is 5.83. The molecule has 0 radical (unpaired) electrons. The van der Waals surface area contributed by atoms with E-state index in [0.717, 1.165) is 5.56 Å². The van der Waals surface area contributed by atoms with Crippen LogP contribution < -0.4 is 10.6 Å². The van der Waals surface area contributed by atoms with Crippen molar-refractivity contribution in [2.45, 2.75) is 26.8 Å². The maximum atomic E-state index is 12.4. The van der Waals surface area contributed by atoms with Crippen LogP contribution in [0.2, 0.25) is 0 Å². The Morgan fingerprint density at radius 2 is 1.61 bits per heavy atom. The van der Waals surface area contributed by atoms with E-state index in [-0.39, 0.29) is 23.8 Å². The Bertz CT molecular complexity index is 681. The van der Waals surface area contributed by atoms with Crippen molar-refractivity contribution in [3.05, 3.63) is 65.7 Å². The average Bonchev–Trinajstić information content (AvgIpc) is 2.55. The molecule has 0 fully saturated rings. The average molecular weight is 310 g/mol. The molecule has 2 aromatic rings. The quantitative estimate of drug-likeness (QED) is 0.883. The van der Waals surface area contributed by atoms with Gasteiger partial charge >= 0.3 is 0 Å². The lowest BCUT2D eigenvalue weighted by atomic mass is 10.1. The van der Waals surface area contributed by atoms with Crippen LogP contribution in [0.1, 0.15) is 42.7 Å². The van der Waals surface area contributed by atoms with Gasteiger partial charge in [0.1, 0.15) is 0 Å². The van der Waals surface area contributed by atoms with Crippen molar-refractivity contribution in [1.82, 2.24) is 5.32 Å². The predicted octanol–water partition coefficient (Wildman–Crippen LogP) is 3.77. The number of hydrogen-bond donors (Lipinski definition) is 2. The summed E-state index contributed by atoms with van der Waals surface area (Å²) in [6.45, 7) is 5.60. The molecule has 0 saturated heterocycles. The molecule has 0 heterocycles. The fourth-order valence-electron chi connectivity index (χ4n) is 2.13. The summed E-state index contributed by atoms with van der Waals surface area (Å²) in [7, 11) is 0. The highest BCUT2D eigenvalue weighted by atomic mass is 16.2. The number of nitrogens with one attached hydrogen (secondary N) is 2. The van der Waals surface area contributed by atoms with E-state index >= 15 is 0 Å². The normalized spacial score (nSPS) is 11.8.